The zero-order chi connectivity index (χ0) is 8.60. The van der Waals surface area contributed by atoms with Gasteiger partial charge in [0, 0.05) is 19.6 Å². The summed E-state index contributed by atoms with van der Waals surface area (Å²) in [5, 5.41) is 0. The third-order valence-electron chi connectivity index (χ3n) is 3.29. The van der Waals surface area contributed by atoms with Crippen LogP contribution in [-0.4, -0.2) is 48.7 Å². The SMILES string of the molecule is CSN1CCC2(CCN(C)C2)C1. The van der Waals surface area contributed by atoms with E-state index in [9.17, 15) is 0 Å². The molecule has 2 rings (SSSR count). The van der Waals surface area contributed by atoms with Gasteiger partial charge in [0.15, 0.2) is 0 Å². The molecule has 2 heterocycles. The smallest absolute Gasteiger partial charge is 0.0159 e. The monoisotopic (exact) mass is 186 g/mol. The molecule has 2 nitrogen and oxygen atoms in total. The topological polar surface area (TPSA) is 6.48 Å². The molecule has 0 N–H and O–H groups in total. The molecular weight excluding hydrogens is 168 g/mol. The van der Waals surface area contributed by atoms with Crippen molar-refractivity contribution in [2.75, 3.05) is 39.5 Å². The molecule has 0 aromatic rings. The highest BCUT2D eigenvalue weighted by atomic mass is 32.2. The predicted molar refractivity (Wildman–Crippen MR) is 54.3 cm³/mol. The van der Waals surface area contributed by atoms with Gasteiger partial charge in [0.2, 0.25) is 0 Å². The molecule has 0 aliphatic carbocycles. The molecular formula is C9H18N2S. The van der Waals surface area contributed by atoms with Crippen molar-refractivity contribution in [3.05, 3.63) is 0 Å². The molecule has 0 aromatic carbocycles. The molecule has 0 radical (unpaired) electrons. The summed E-state index contributed by atoms with van der Waals surface area (Å²) < 4.78 is 2.51. The maximum atomic E-state index is 2.51. The van der Waals surface area contributed by atoms with Crippen molar-refractivity contribution >= 4 is 11.9 Å². The number of hydrogen-bond donors (Lipinski definition) is 0. The van der Waals surface area contributed by atoms with Gasteiger partial charge in [0.05, 0.1) is 0 Å². The molecule has 0 saturated carbocycles. The van der Waals surface area contributed by atoms with Crippen molar-refractivity contribution in [3.63, 3.8) is 0 Å². The molecule has 70 valence electrons. The Morgan fingerprint density at radius 1 is 1.17 bits per heavy atom. The number of hydrogen-bond acceptors (Lipinski definition) is 3. The summed E-state index contributed by atoms with van der Waals surface area (Å²) in [4.78, 5) is 2.48. The van der Waals surface area contributed by atoms with E-state index in [1.165, 1.54) is 39.0 Å². The third-order valence-corrected chi connectivity index (χ3v) is 4.12. The molecule has 0 amide bonds. The number of rotatable bonds is 1. The Bertz CT molecular complexity index is 174. The van der Waals surface area contributed by atoms with Crippen LogP contribution in [0.5, 0.6) is 0 Å². The number of likely N-dealkylation sites (tertiary alicyclic amines) is 1. The summed E-state index contributed by atoms with van der Waals surface area (Å²) in [5.41, 5.74) is 0.664. The molecule has 2 saturated heterocycles. The minimum Gasteiger partial charge on any atom is -0.306 e. The van der Waals surface area contributed by atoms with Crippen LogP contribution in [0.1, 0.15) is 12.8 Å². The quantitative estimate of drug-likeness (QED) is 0.570. The van der Waals surface area contributed by atoms with Crippen LogP contribution in [-0.2, 0) is 0 Å². The lowest BCUT2D eigenvalue weighted by Crippen LogP contribution is -2.27. The average Bonchev–Trinajstić information content (AvgIpc) is 2.61. The first-order valence-electron chi connectivity index (χ1n) is 4.72. The fourth-order valence-corrected chi connectivity index (χ4v) is 3.22. The van der Waals surface area contributed by atoms with Gasteiger partial charge in [-0.25, -0.2) is 0 Å². The van der Waals surface area contributed by atoms with Crippen molar-refractivity contribution in [1.82, 2.24) is 9.21 Å². The molecule has 1 unspecified atom stereocenters. The van der Waals surface area contributed by atoms with E-state index in [2.05, 4.69) is 22.5 Å². The lowest BCUT2D eigenvalue weighted by molar-refractivity contribution is 0.298. The van der Waals surface area contributed by atoms with E-state index >= 15 is 0 Å². The highest BCUT2D eigenvalue weighted by Gasteiger charge is 2.42. The van der Waals surface area contributed by atoms with E-state index in [-0.39, 0.29) is 0 Å². The Hall–Kier alpha value is 0.270. The van der Waals surface area contributed by atoms with Crippen molar-refractivity contribution in [1.29, 1.82) is 0 Å². The first-order valence-corrected chi connectivity index (χ1v) is 5.90. The Morgan fingerprint density at radius 3 is 2.42 bits per heavy atom. The van der Waals surface area contributed by atoms with Gasteiger partial charge >= 0.3 is 0 Å². The van der Waals surface area contributed by atoms with Gasteiger partial charge in [-0.15, -0.1) is 0 Å². The summed E-state index contributed by atoms with van der Waals surface area (Å²) in [6.45, 7) is 5.25. The second kappa shape index (κ2) is 3.20. The maximum Gasteiger partial charge on any atom is 0.0159 e. The first kappa shape index (κ1) is 8.85. The van der Waals surface area contributed by atoms with Crippen LogP contribution in [0.3, 0.4) is 0 Å². The molecule has 0 bridgehead atoms. The molecule has 1 atom stereocenters. The Morgan fingerprint density at radius 2 is 1.92 bits per heavy atom. The van der Waals surface area contributed by atoms with Gasteiger partial charge in [-0.1, -0.05) is 11.9 Å². The summed E-state index contributed by atoms with van der Waals surface area (Å²) in [7, 11) is 2.25. The lowest BCUT2D eigenvalue weighted by atomic mass is 9.87. The fourth-order valence-electron chi connectivity index (χ4n) is 2.54. The highest BCUT2D eigenvalue weighted by Crippen LogP contribution is 2.40. The van der Waals surface area contributed by atoms with Gasteiger partial charge in [-0.05, 0) is 38.1 Å². The van der Waals surface area contributed by atoms with Crippen LogP contribution in [0.2, 0.25) is 0 Å². The summed E-state index contributed by atoms with van der Waals surface area (Å²) in [5.74, 6) is 0. The standard InChI is InChI=1S/C9H18N2S/c1-10-5-3-9(7-10)4-6-11(8-9)12-2/h3-8H2,1-2H3. The van der Waals surface area contributed by atoms with Crippen molar-refractivity contribution in [2.24, 2.45) is 5.41 Å². The van der Waals surface area contributed by atoms with Gasteiger partial charge in [-0.3, -0.25) is 4.31 Å². The van der Waals surface area contributed by atoms with Crippen LogP contribution < -0.4 is 0 Å². The minimum atomic E-state index is 0.664. The van der Waals surface area contributed by atoms with E-state index in [0.717, 1.165) is 0 Å². The van der Waals surface area contributed by atoms with Crippen molar-refractivity contribution in [2.45, 2.75) is 12.8 Å². The van der Waals surface area contributed by atoms with Crippen molar-refractivity contribution in [3.8, 4) is 0 Å². The molecule has 2 aliphatic rings. The average molecular weight is 186 g/mol. The molecule has 2 fully saturated rings. The second-order valence-electron chi connectivity index (χ2n) is 4.28. The van der Waals surface area contributed by atoms with E-state index in [1.807, 2.05) is 11.9 Å². The minimum absolute atomic E-state index is 0.664. The molecule has 3 heteroatoms. The van der Waals surface area contributed by atoms with E-state index in [4.69, 9.17) is 0 Å². The van der Waals surface area contributed by atoms with Gasteiger partial charge in [-0.2, -0.15) is 0 Å². The molecule has 2 aliphatic heterocycles. The van der Waals surface area contributed by atoms with Crippen LogP contribution in [0.25, 0.3) is 0 Å². The summed E-state index contributed by atoms with van der Waals surface area (Å²) in [6, 6.07) is 0. The molecule has 12 heavy (non-hydrogen) atoms. The van der Waals surface area contributed by atoms with Crippen LogP contribution in [0, 0.1) is 5.41 Å². The van der Waals surface area contributed by atoms with Crippen LogP contribution >= 0.6 is 11.9 Å². The van der Waals surface area contributed by atoms with Crippen LogP contribution in [0.4, 0.5) is 0 Å². The fraction of sp³-hybridized carbons (Fsp3) is 1.00. The highest BCUT2D eigenvalue weighted by molar-refractivity contribution is 7.96. The first-order chi connectivity index (χ1) is 5.74. The summed E-state index contributed by atoms with van der Waals surface area (Å²) >= 11 is 1.91. The maximum absolute atomic E-state index is 2.51. The largest absolute Gasteiger partial charge is 0.306 e. The van der Waals surface area contributed by atoms with E-state index < -0.39 is 0 Å². The zero-order valence-corrected chi connectivity index (χ0v) is 8.86. The molecule has 0 aromatic heterocycles. The van der Waals surface area contributed by atoms with Crippen molar-refractivity contribution < 1.29 is 0 Å². The van der Waals surface area contributed by atoms with Crippen LogP contribution in [0.15, 0.2) is 0 Å². The number of nitrogens with zero attached hydrogens (tertiary/aromatic N) is 2. The lowest BCUT2D eigenvalue weighted by Gasteiger charge is -2.22. The third kappa shape index (κ3) is 1.50. The normalized spacial score (nSPS) is 38.5. The Balaban J connectivity index is 1.97. The van der Waals surface area contributed by atoms with Gasteiger partial charge in [0.25, 0.3) is 0 Å². The molecule has 1 spiro atoms. The predicted octanol–water partition coefficient (Wildman–Crippen LogP) is 1.29. The second-order valence-corrected chi connectivity index (χ2v) is 5.17. The zero-order valence-electron chi connectivity index (χ0n) is 8.05. The van der Waals surface area contributed by atoms with Gasteiger partial charge < -0.3 is 4.90 Å². The Labute approximate surface area is 79.4 Å². The summed E-state index contributed by atoms with van der Waals surface area (Å²) in [6.07, 6.45) is 5.02. The van der Waals surface area contributed by atoms with E-state index in [0.29, 0.717) is 5.41 Å². The Kier molecular flexibility index (Phi) is 2.36. The van der Waals surface area contributed by atoms with Gasteiger partial charge in [0.1, 0.15) is 0 Å². The van der Waals surface area contributed by atoms with E-state index in [1.54, 1.807) is 0 Å².